The number of hydrogen-bond acceptors (Lipinski definition) is 2. The maximum absolute atomic E-state index is 5.95. The van der Waals surface area contributed by atoms with Gasteiger partial charge in [-0.05, 0) is 49.2 Å². The summed E-state index contributed by atoms with van der Waals surface area (Å²) in [6.07, 6.45) is 0. The quantitative estimate of drug-likeness (QED) is 0.900. The minimum Gasteiger partial charge on any atom is -0.330 e. The fourth-order valence-corrected chi connectivity index (χ4v) is 2.21. The number of hydrogen-bond donors (Lipinski definition) is 1. The molecule has 104 valence electrons. The van der Waals surface area contributed by atoms with Gasteiger partial charge in [-0.3, -0.25) is 0 Å². The van der Waals surface area contributed by atoms with Crippen molar-refractivity contribution in [3.05, 3.63) is 34.3 Å². The summed E-state index contributed by atoms with van der Waals surface area (Å²) in [5, 5.41) is 0.802. The zero-order chi connectivity index (χ0) is 13.1. The van der Waals surface area contributed by atoms with E-state index in [1.165, 1.54) is 11.1 Å². The minimum atomic E-state index is 0. The van der Waals surface area contributed by atoms with Crippen LogP contribution in [0.3, 0.4) is 0 Å². The van der Waals surface area contributed by atoms with Crippen LogP contribution in [0.4, 0.5) is 0 Å². The van der Waals surface area contributed by atoms with Crippen LogP contribution in [-0.4, -0.2) is 25.0 Å². The Kier molecular flexibility index (Phi) is 7.23. The number of benzene rings is 1. The Morgan fingerprint density at radius 2 is 1.94 bits per heavy atom. The first kappa shape index (κ1) is 17.7. The second kappa shape index (κ2) is 7.34. The average Bonchev–Trinajstić information content (AvgIpc) is 2.21. The standard InChI is InChI=1S/C14H23ClN2.ClH/c1-11-7-13(15)6-5-12(11)8-17(4)10-14(2,3)9-16;/h5-7H,8-10,16H2,1-4H3;1H. The predicted molar refractivity (Wildman–Crippen MR) is 82.6 cm³/mol. The zero-order valence-electron chi connectivity index (χ0n) is 11.7. The maximum Gasteiger partial charge on any atom is 0.0408 e. The molecule has 0 fully saturated rings. The Morgan fingerprint density at radius 3 is 2.44 bits per heavy atom. The van der Waals surface area contributed by atoms with Crippen LogP contribution in [-0.2, 0) is 6.54 Å². The molecule has 0 saturated carbocycles. The van der Waals surface area contributed by atoms with Crippen molar-refractivity contribution in [3.8, 4) is 0 Å². The monoisotopic (exact) mass is 290 g/mol. The van der Waals surface area contributed by atoms with Crippen LogP contribution in [0.2, 0.25) is 5.02 Å². The maximum atomic E-state index is 5.95. The Hall–Kier alpha value is -0.280. The van der Waals surface area contributed by atoms with Gasteiger partial charge in [0, 0.05) is 18.1 Å². The minimum absolute atomic E-state index is 0. The third kappa shape index (κ3) is 5.57. The third-order valence-electron chi connectivity index (χ3n) is 3.00. The number of halogens is 2. The number of nitrogens with zero attached hydrogens (tertiary/aromatic N) is 1. The molecule has 0 radical (unpaired) electrons. The van der Waals surface area contributed by atoms with Gasteiger partial charge in [0.1, 0.15) is 0 Å². The van der Waals surface area contributed by atoms with E-state index in [1.54, 1.807) is 0 Å². The fraction of sp³-hybridized carbons (Fsp3) is 0.571. The van der Waals surface area contributed by atoms with Crippen LogP contribution < -0.4 is 5.73 Å². The largest absolute Gasteiger partial charge is 0.330 e. The molecule has 0 aliphatic heterocycles. The summed E-state index contributed by atoms with van der Waals surface area (Å²) in [6, 6.07) is 6.06. The molecule has 0 aromatic heterocycles. The number of nitrogens with two attached hydrogens (primary N) is 1. The van der Waals surface area contributed by atoms with E-state index in [2.05, 4.69) is 38.8 Å². The summed E-state index contributed by atoms with van der Waals surface area (Å²) in [7, 11) is 2.13. The molecule has 2 N–H and O–H groups in total. The molecule has 0 aliphatic rings. The Labute approximate surface area is 122 Å². The second-order valence-electron chi connectivity index (χ2n) is 5.61. The zero-order valence-corrected chi connectivity index (χ0v) is 13.2. The highest BCUT2D eigenvalue weighted by molar-refractivity contribution is 6.30. The SMILES string of the molecule is Cc1cc(Cl)ccc1CN(C)CC(C)(C)CN.Cl. The van der Waals surface area contributed by atoms with E-state index >= 15 is 0 Å². The van der Waals surface area contributed by atoms with Gasteiger partial charge in [0.25, 0.3) is 0 Å². The van der Waals surface area contributed by atoms with Gasteiger partial charge in [0.05, 0.1) is 0 Å². The molecule has 0 heterocycles. The second-order valence-corrected chi connectivity index (χ2v) is 6.05. The first-order valence-corrected chi connectivity index (χ1v) is 6.35. The van der Waals surface area contributed by atoms with E-state index in [0.29, 0.717) is 6.54 Å². The first-order valence-electron chi connectivity index (χ1n) is 5.98. The highest BCUT2D eigenvalue weighted by atomic mass is 35.5. The van der Waals surface area contributed by atoms with E-state index in [1.807, 2.05) is 12.1 Å². The number of rotatable bonds is 5. The lowest BCUT2D eigenvalue weighted by molar-refractivity contribution is 0.209. The number of aryl methyl sites for hydroxylation is 1. The first-order chi connectivity index (χ1) is 7.84. The summed E-state index contributed by atoms with van der Waals surface area (Å²) in [5.74, 6) is 0. The summed E-state index contributed by atoms with van der Waals surface area (Å²) < 4.78 is 0. The van der Waals surface area contributed by atoms with Crippen LogP contribution in [0.15, 0.2) is 18.2 Å². The Balaban J connectivity index is 0.00000289. The van der Waals surface area contributed by atoms with Crippen molar-refractivity contribution in [2.24, 2.45) is 11.1 Å². The van der Waals surface area contributed by atoms with Crippen molar-refractivity contribution < 1.29 is 0 Å². The van der Waals surface area contributed by atoms with Gasteiger partial charge in [0.2, 0.25) is 0 Å². The van der Waals surface area contributed by atoms with Gasteiger partial charge in [-0.1, -0.05) is 31.5 Å². The lowest BCUT2D eigenvalue weighted by Crippen LogP contribution is -2.36. The van der Waals surface area contributed by atoms with Crippen molar-refractivity contribution in [3.63, 3.8) is 0 Å². The van der Waals surface area contributed by atoms with Gasteiger partial charge < -0.3 is 10.6 Å². The van der Waals surface area contributed by atoms with Crippen molar-refractivity contribution >= 4 is 24.0 Å². The van der Waals surface area contributed by atoms with Crippen LogP contribution in [0, 0.1) is 12.3 Å². The third-order valence-corrected chi connectivity index (χ3v) is 3.23. The van der Waals surface area contributed by atoms with Crippen LogP contribution >= 0.6 is 24.0 Å². The molecule has 1 aromatic carbocycles. The molecule has 1 aromatic rings. The molecule has 0 bridgehead atoms. The Morgan fingerprint density at radius 1 is 1.33 bits per heavy atom. The summed E-state index contributed by atoms with van der Waals surface area (Å²) in [6.45, 7) is 9.12. The molecule has 0 saturated heterocycles. The summed E-state index contributed by atoms with van der Waals surface area (Å²) in [4.78, 5) is 2.31. The molecule has 1 rings (SSSR count). The van der Waals surface area contributed by atoms with Gasteiger partial charge in [-0.15, -0.1) is 12.4 Å². The molecule has 2 nitrogen and oxygen atoms in total. The van der Waals surface area contributed by atoms with Crippen molar-refractivity contribution in [1.29, 1.82) is 0 Å². The van der Waals surface area contributed by atoms with Gasteiger partial charge in [0.15, 0.2) is 0 Å². The summed E-state index contributed by atoms with van der Waals surface area (Å²) in [5.41, 5.74) is 8.48. The molecule has 0 unspecified atom stereocenters. The molecule has 0 amide bonds. The molecule has 18 heavy (non-hydrogen) atoms. The predicted octanol–water partition coefficient (Wildman–Crippen LogP) is 3.49. The van der Waals surface area contributed by atoms with E-state index < -0.39 is 0 Å². The molecule has 0 spiro atoms. The van der Waals surface area contributed by atoms with Crippen LogP contribution in [0.25, 0.3) is 0 Å². The Bertz CT molecular complexity index is 378. The molecule has 0 atom stereocenters. The average molecular weight is 291 g/mol. The van der Waals surface area contributed by atoms with Gasteiger partial charge >= 0.3 is 0 Å². The molecular formula is C14H24Cl2N2. The normalized spacial score (nSPS) is 11.5. The molecule has 4 heteroatoms. The van der Waals surface area contributed by atoms with E-state index in [4.69, 9.17) is 17.3 Å². The smallest absolute Gasteiger partial charge is 0.0408 e. The fourth-order valence-electron chi connectivity index (χ4n) is 1.98. The topological polar surface area (TPSA) is 29.3 Å². The molecule has 0 aliphatic carbocycles. The van der Waals surface area contributed by atoms with E-state index in [9.17, 15) is 0 Å². The van der Waals surface area contributed by atoms with E-state index in [-0.39, 0.29) is 17.8 Å². The highest BCUT2D eigenvalue weighted by Crippen LogP contribution is 2.19. The molecular weight excluding hydrogens is 267 g/mol. The van der Waals surface area contributed by atoms with E-state index in [0.717, 1.165) is 18.1 Å². The summed E-state index contributed by atoms with van der Waals surface area (Å²) >= 11 is 5.95. The van der Waals surface area contributed by atoms with Crippen LogP contribution in [0.1, 0.15) is 25.0 Å². The van der Waals surface area contributed by atoms with Crippen LogP contribution in [0.5, 0.6) is 0 Å². The van der Waals surface area contributed by atoms with Gasteiger partial charge in [-0.25, -0.2) is 0 Å². The lowest BCUT2D eigenvalue weighted by atomic mass is 9.93. The van der Waals surface area contributed by atoms with Crippen molar-refractivity contribution in [1.82, 2.24) is 4.90 Å². The highest BCUT2D eigenvalue weighted by Gasteiger charge is 2.18. The lowest BCUT2D eigenvalue weighted by Gasteiger charge is -2.29. The van der Waals surface area contributed by atoms with Gasteiger partial charge in [-0.2, -0.15) is 0 Å². The van der Waals surface area contributed by atoms with Crippen molar-refractivity contribution in [2.45, 2.75) is 27.3 Å². The van der Waals surface area contributed by atoms with Crippen molar-refractivity contribution in [2.75, 3.05) is 20.1 Å².